The van der Waals surface area contributed by atoms with E-state index in [1.807, 2.05) is 25.1 Å². The number of aromatic nitrogens is 2. The first-order chi connectivity index (χ1) is 9.71. The van der Waals surface area contributed by atoms with Gasteiger partial charge in [0.15, 0.2) is 5.82 Å². The van der Waals surface area contributed by atoms with Crippen LogP contribution in [0.25, 0.3) is 0 Å². The van der Waals surface area contributed by atoms with Crippen molar-refractivity contribution in [2.75, 3.05) is 24.3 Å². The Morgan fingerprint density at radius 3 is 2.45 bits per heavy atom. The van der Waals surface area contributed by atoms with Gasteiger partial charge < -0.3 is 15.4 Å². The van der Waals surface area contributed by atoms with E-state index in [1.165, 1.54) is 5.56 Å². The molecule has 1 aromatic carbocycles. The van der Waals surface area contributed by atoms with Crippen molar-refractivity contribution in [3.63, 3.8) is 0 Å². The van der Waals surface area contributed by atoms with Crippen molar-refractivity contribution in [2.45, 2.75) is 20.5 Å². The quantitative estimate of drug-likeness (QED) is 0.846. The van der Waals surface area contributed by atoms with Crippen molar-refractivity contribution in [1.29, 1.82) is 0 Å². The number of nitrogens with one attached hydrogen (secondary N) is 2. The number of nitrogens with zero attached hydrogens (tertiary/aromatic N) is 2. The lowest BCUT2D eigenvalue weighted by atomic mass is 10.2. The van der Waals surface area contributed by atoms with Gasteiger partial charge in [0, 0.05) is 25.4 Å². The third-order valence-corrected chi connectivity index (χ3v) is 2.73. The van der Waals surface area contributed by atoms with Crippen LogP contribution in [-0.2, 0) is 11.3 Å². The molecule has 2 N–H and O–H groups in total. The van der Waals surface area contributed by atoms with E-state index in [0.29, 0.717) is 12.4 Å². The number of aryl methyl sites for hydroxylation is 1. The van der Waals surface area contributed by atoms with Crippen LogP contribution < -0.4 is 10.6 Å². The Morgan fingerprint density at radius 2 is 1.80 bits per heavy atom. The fourth-order valence-corrected chi connectivity index (χ4v) is 1.81. The Morgan fingerprint density at radius 1 is 1.10 bits per heavy atom. The molecule has 0 amide bonds. The van der Waals surface area contributed by atoms with Crippen LogP contribution in [0.15, 0.2) is 30.3 Å². The highest BCUT2D eigenvalue weighted by Gasteiger charge is 2.04. The predicted octanol–water partition coefficient (Wildman–Crippen LogP) is 3.11. The Balaban J connectivity index is 2.22. The van der Waals surface area contributed by atoms with Gasteiger partial charge in [0.2, 0.25) is 0 Å². The van der Waals surface area contributed by atoms with Gasteiger partial charge in [-0.05, 0) is 26.0 Å². The summed E-state index contributed by atoms with van der Waals surface area (Å²) in [6, 6.07) is 10.1. The maximum absolute atomic E-state index is 5.10. The third kappa shape index (κ3) is 3.93. The Labute approximate surface area is 119 Å². The molecule has 5 nitrogen and oxygen atoms in total. The average molecular weight is 272 g/mol. The first-order valence-electron chi connectivity index (χ1n) is 6.65. The minimum absolute atomic E-state index is 0.391. The molecule has 0 aliphatic heterocycles. The van der Waals surface area contributed by atoms with Crippen LogP contribution in [0.4, 0.5) is 17.3 Å². The van der Waals surface area contributed by atoms with Crippen LogP contribution in [0.2, 0.25) is 0 Å². The minimum atomic E-state index is 0.391. The van der Waals surface area contributed by atoms with Gasteiger partial charge in [0.25, 0.3) is 0 Å². The van der Waals surface area contributed by atoms with Crippen molar-refractivity contribution in [3.05, 3.63) is 41.7 Å². The van der Waals surface area contributed by atoms with E-state index in [4.69, 9.17) is 4.74 Å². The zero-order valence-corrected chi connectivity index (χ0v) is 12.1. The molecule has 1 aromatic heterocycles. The average Bonchev–Trinajstić information content (AvgIpc) is 2.42. The summed E-state index contributed by atoms with van der Waals surface area (Å²) in [5.41, 5.74) is 2.23. The van der Waals surface area contributed by atoms with E-state index in [2.05, 4.69) is 39.7 Å². The molecular weight excluding hydrogens is 252 g/mol. The lowest BCUT2D eigenvalue weighted by Crippen LogP contribution is -2.06. The molecule has 0 unspecified atom stereocenters. The standard InChI is InChI=1S/C15H20N4O/c1-4-16-13-9-14(19-15(18-13)10-20-3)17-12-7-5-11(2)6-8-12/h5-9H,4,10H2,1-3H3,(H2,16,17,18,19). The summed E-state index contributed by atoms with van der Waals surface area (Å²) in [6.07, 6.45) is 0. The highest BCUT2D eigenvalue weighted by molar-refractivity contribution is 5.59. The molecule has 106 valence electrons. The molecule has 0 saturated heterocycles. The van der Waals surface area contributed by atoms with E-state index >= 15 is 0 Å². The summed E-state index contributed by atoms with van der Waals surface area (Å²) in [5.74, 6) is 2.21. The second-order valence-electron chi connectivity index (χ2n) is 4.51. The number of hydrogen-bond donors (Lipinski definition) is 2. The fraction of sp³-hybridized carbons (Fsp3) is 0.333. The van der Waals surface area contributed by atoms with Crippen molar-refractivity contribution in [2.24, 2.45) is 0 Å². The first-order valence-corrected chi connectivity index (χ1v) is 6.65. The minimum Gasteiger partial charge on any atom is -0.377 e. The molecular formula is C15H20N4O. The Kier molecular flexibility index (Phi) is 4.90. The molecule has 0 bridgehead atoms. The number of rotatable bonds is 6. The number of ether oxygens (including phenoxy) is 1. The molecule has 5 heteroatoms. The van der Waals surface area contributed by atoms with Crippen molar-refractivity contribution in [3.8, 4) is 0 Å². The SMILES string of the molecule is CCNc1cc(Nc2ccc(C)cc2)nc(COC)n1. The summed E-state index contributed by atoms with van der Waals surface area (Å²) >= 11 is 0. The van der Waals surface area contributed by atoms with Crippen LogP contribution in [0.5, 0.6) is 0 Å². The number of hydrogen-bond acceptors (Lipinski definition) is 5. The van der Waals surface area contributed by atoms with Crippen molar-refractivity contribution < 1.29 is 4.74 Å². The number of benzene rings is 1. The molecule has 0 radical (unpaired) electrons. The molecule has 2 rings (SSSR count). The Hall–Kier alpha value is -2.14. The molecule has 0 aliphatic rings. The molecule has 0 atom stereocenters. The Bertz CT molecular complexity index is 530. The van der Waals surface area contributed by atoms with E-state index < -0.39 is 0 Å². The van der Waals surface area contributed by atoms with Gasteiger partial charge in [-0.3, -0.25) is 0 Å². The van der Waals surface area contributed by atoms with Crippen LogP contribution in [-0.4, -0.2) is 23.6 Å². The van der Waals surface area contributed by atoms with E-state index in [-0.39, 0.29) is 0 Å². The topological polar surface area (TPSA) is 59.1 Å². The summed E-state index contributed by atoms with van der Waals surface area (Å²) in [4.78, 5) is 8.82. The van der Waals surface area contributed by atoms with Crippen LogP contribution in [0, 0.1) is 6.92 Å². The number of anilines is 3. The molecule has 0 spiro atoms. The largest absolute Gasteiger partial charge is 0.377 e. The lowest BCUT2D eigenvalue weighted by molar-refractivity contribution is 0.178. The van der Waals surface area contributed by atoms with Crippen LogP contribution >= 0.6 is 0 Å². The van der Waals surface area contributed by atoms with Crippen molar-refractivity contribution in [1.82, 2.24) is 9.97 Å². The molecule has 0 aliphatic carbocycles. The molecule has 20 heavy (non-hydrogen) atoms. The summed E-state index contributed by atoms with van der Waals surface area (Å²) in [5, 5.41) is 6.48. The second kappa shape index (κ2) is 6.86. The zero-order valence-electron chi connectivity index (χ0n) is 12.1. The van der Waals surface area contributed by atoms with Gasteiger partial charge in [0.05, 0.1) is 0 Å². The highest BCUT2D eigenvalue weighted by Crippen LogP contribution is 2.18. The van der Waals surface area contributed by atoms with Crippen molar-refractivity contribution >= 4 is 17.3 Å². The van der Waals surface area contributed by atoms with Crippen LogP contribution in [0.3, 0.4) is 0 Å². The predicted molar refractivity (Wildman–Crippen MR) is 81.4 cm³/mol. The van der Waals surface area contributed by atoms with Gasteiger partial charge in [-0.25, -0.2) is 9.97 Å². The second-order valence-corrected chi connectivity index (χ2v) is 4.51. The molecule has 0 saturated carbocycles. The van der Waals surface area contributed by atoms with Gasteiger partial charge in [0.1, 0.15) is 18.2 Å². The normalized spacial score (nSPS) is 10.3. The maximum Gasteiger partial charge on any atom is 0.158 e. The van der Waals surface area contributed by atoms with E-state index in [0.717, 1.165) is 23.9 Å². The van der Waals surface area contributed by atoms with Crippen LogP contribution in [0.1, 0.15) is 18.3 Å². The number of methoxy groups -OCH3 is 1. The summed E-state index contributed by atoms with van der Waals surface area (Å²) < 4.78 is 5.10. The monoisotopic (exact) mass is 272 g/mol. The van der Waals surface area contributed by atoms with E-state index in [1.54, 1.807) is 7.11 Å². The van der Waals surface area contributed by atoms with Gasteiger partial charge >= 0.3 is 0 Å². The van der Waals surface area contributed by atoms with Gasteiger partial charge in [-0.15, -0.1) is 0 Å². The highest BCUT2D eigenvalue weighted by atomic mass is 16.5. The third-order valence-electron chi connectivity index (χ3n) is 2.73. The molecule has 0 fully saturated rings. The van der Waals surface area contributed by atoms with Gasteiger partial charge in [-0.2, -0.15) is 0 Å². The maximum atomic E-state index is 5.10. The summed E-state index contributed by atoms with van der Waals surface area (Å²) in [6.45, 7) is 5.30. The van der Waals surface area contributed by atoms with Gasteiger partial charge in [-0.1, -0.05) is 17.7 Å². The molecule has 1 heterocycles. The fourth-order valence-electron chi connectivity index (χ4n) is 1.81. The lowest BCUT2D eigenvalue weighted by Gasteiger charge is -2.10. The zero-order chi connectivity index (χ0) is 14.4. The molecule has 2 aromatic rings. The smallest absolute Gasteiger partial charge is 0.158 e. The van der Waals surface area contributed by atoms with E-state index in [9.17, 15) is 0 Å². The summed E-state index contributed by atoms with van der Waals surface area (Å²) in [7, 11) is 1.64. The first kappa shape index (κ1) is 14.3.